The predicted molar refractivity (Wildman–Crippen MR) is 101 cm³/mol. The van der Waals surface area contributed by atoms with Gasteiger partial charge in [0.15, 0.2) is 0 Å². The van der Waals surface area contributed by atoms with E-state index in [1.165, 1.54) is 19.3 Å². The van der Waals surface area contributed by atoms with E-state index < -0.39 is 0 Å². The summed E-state index contributed by atoms with van der Waals surface area (Å²) in [4.78, 5) is 14.7. The summed E-state index contributed by atoms with van der Waals surface area (Å²) in [7, 11) is 0. The van der Waals surface area contributed by atoms with Crippen molar-refractivity contribution in [2.75, 3.05) is 18.4 Å². The number of likely N-dealkylation sites (tertiary alicyclic amines) is 1. The number of piperidine rings is 1. The highest BCUT2D eigenvalue weighted by Crippen LogP contribution is 2.18. The van der Waals surface area contributed by atoms with Gasteiger partial charge in [0.2, 0.25) is 5.91 Å². The van der Waals surface area contributed by atoms with Crippen molar-refractivity contribution in [2.24, 2.45) is 0 Å². The van der Waals surface area contributed by atoms with Gasteiger partial charge in [-0.3, -0.25) is 9.69 Å². The van der Waals surface area contributed by atoms with Gasteiger partial charge in [0.25, 0.3) is 0 Å². The van der Waals surface area contributed by atoms with Crippen LogP contribution in [0.3, 0.4) is 0 Å². The lowest BCUT2D eigenvalue weighted by molar-refractivity contribution is -0.121. The second-order valence-electron chi connectivity index (χ2n) is 6.56. The predicted octanol–water partition coefficient (Wildman–Crippen LogP) is 4.08. The third-order valence-electron chi connectivity index (χ3n) is 4.69. The van der Waals surface area contributed by atoms with E-state index >= 15 is 0 Å². The Morgan fingerprint density at radius 3 is 2.40 bits per heavy atom. The Labute approximate surface area is 149 Å². The van der Waals surface area contributed by atoms with Crippen LogP contribution >= 0.6 is 0 Å². The Bertz CT molecular complexity index is 664. The number of ether oxygens (including phenoxy) is 1. The van der Waals surface area contributed by atoms with Crippen LogP contribution in [-0.4, -0.2) is 29.9 Å². The molecule has 4 heteroatoms. The largest absolute Gasteiger partial charge is 0.489 e. The third-order valence-corrected chi connectivity index (χ3v) is 4.69. The Morgan fingerprint density at radius 1 is 1.04 bits per heavy atom. The fraction of sp³-hybridized carbons (Fsp3) is 0.381. The molecule has 0 radical (unpaired) electrons. The molecule has 1 aliphatic heterocycles. The first-order chi connectivity index (χ1) is 12.2. The zero-order chi connectivity index (χ0) is 17.5. The lowest BCUT2D eigenvalue weighted by Gasteiger charge is -2.31. The molecule has 0 aliphatic carbocycles. The summed E-state index contributed by atoms with van der Waals surface area (Å²) >= 11 is 0. The molecule has 1 fully saturated rings. The molecule has 1 heterocycles. The second kappa shape index (κ2) is 8.67. The number of benzene rings is 2. The van der Waals surface area contributed by atoms with Crippen molar-refractivity contribution in [3.63, 3.8) is 0 Å². The number of hydrogen-bond donors (Lipinski definition) is 1. The molecule has 0 saturated carbocycles. The molecule has 4 nitrogen and oxygen atoms in total. The maximum Gasteiger partial charge on any atom is 0.241 e. The van der Waals surface area contributed by atoms with Crippen LogP contribution in [0.4, 0.5) is 5.69 Å². The molecule has 0 spiro atoms. The van der Waals surface area contributed by atoms with E-state index in [4.69, 9.17) is 4.74 Å². The van der Waals surface area contributed by atoms with Gasteiger partial charge in [-0.2, -0.15) is 0 Å². The normalized spacial score (nSPS) is 16.2. The number of hydrogen-bond acceptors (Lipinski definition) is 3. The maximum atomic E-state index is 12.4. The summed E-state index contributed by atoms with van der Waals surface area (Å²) < 4.78 is 5.77. The number of nitrogens with one attached hydrogen (secondary N) is 1. The fourth-order valence-electron chi connectivity index (χ4n) is 3.09. The molecule has 0 aromatic heterocycles. The lowest BCUT2D eigenvalue weighted by atomic mass is 10.1. The topological polar surface area (TPSA) is 41.6 Å². The second-order valence-corrected chi connectivity index (χ2v) is 6.56. The molecule has 2 aromatic rings. The number of rotatable bonds is 6. The minimum Gasteiger partial charge on any atom is -0.489 e. The SMILES string of the molecule is CC(C(=O)Nc1ccc(OCc2ccccc2)cc1)N1CCCCC1. The zero-order valence-electron chi connectivity index (χ0n) is 14.8. The van der Waals surface area contributed by atoms with Gasteiger partial charge in [-0.05, 0) is 62.7 Å². The van der Waals surface area contributed by atoms with E-state index in [-0.39, 0.29) is 11.9 Å². The number of anilines is 1. The number of carbonyl (C=O) groups is 1. The standard InChI is InChI=1S/C21H26N2O2/c1-17(23-14-6-3-7-15-23)21(24)22-19-10-12-20(13-11-19)25-16-18-8-4-2-5-9-18/h2,4-5,8-13,17H,3,6-7,14-16H2,1H3,(H,22,24). The smallest absolute Gasteiger partial charge is 0.241 e. The monoisotopic (exact) mass is 338 g/mol. The van der Waals surface area contributed by atoms with Gasteiger partial charge < -0.3 is 10.1 Å². The highest BCUT2D eigenvalue weighted by atomic mass is 16.5. The van der Waals surface area contributed by atoms with E-state index in [1.807, 2.05) is 61.5 Å². The average Bonchev–Trinajstić information content (AvgIpc) is 2.68. The van der Waals surface area contributed by atoms with Crippen molar-refractivity contribution < 1.29 is 9.53 Å². The van der Waals surface area contributed by atoms with E-state index in [9.17, 15) is 4.79 Å². The summed E-state index contributed by atoms with van der Waals surface area (Å²) in [5.41, 5.74) is 1.94. The highest BCUT2D eigenvalue weighted by molar-refractivity contribution is 5.94. The van der Waals surface area contributed by atoms with Crippen molar-refractivity contribution in [3.8, 4) is 5.75 Å². The van der Waals surface area contributed by atoms with Crippen LogP contribution in [0.2, 0.25) is 0 Å². The minimum absolute atomic E-state index is 0.0554. The summed E-state index contributed by atoms with van der Waals surface area (Å²) in [5, 5.41) is 3.00. The van der Waals surface area contributed by atoms with Gasteiger partial charge in [0.1, 0.15) is 12.4 Å². The third kappa shape index (κ3) is 5.07. The van der Waals surface area contributed by atoms with Crippen molar-refractivity contribution in [1.82, 2.24) is 4.90 Å². The Kier molecular flexibility index (Phi) is 6.07. The van der Waals surface area contributed by atoms with E-state index in [1.54, 1.807) is 0 Å². The summed E-state index contributed by atoms with van der Waals surface area (Å²) in [6, 6.07) is 17.5. The van der Waals surface area contributed by atoms with Crippen molar-refractivity contribution >= 4 is 11.6 Å². The van der Waals surface area contributed by atoms with Crippen LogP contribution in [-0.2, 0) is 11.4 Å². The first kappa shape index (κ1) is 17.5. The van der Waals surface area contributed by atoms with Gasteiger partial charge in [-0.25, -0.2) is 0 Å². The summed E-state index contributed by atoms with van der Waals surface area (Å²) in [5.74, 6) is 0.853. The molecule has 132 valence electrons. The van der Waals surface area contributed by atoms with Gasteiger partial charge in [0.05, 0.1) is 6.04 Å². The van der Waals surface area contributed by atoms with E-state index in [2.05, 4.69) is 10.2 Å². The number of nitrogens with zero attached hydrogens (tertiary/aromatic N) is 1. The molecule has 25 heavy (non-hydrogen) atoms. The molecule has 1 unspecified atom stereocenters. The molecular weight excluding hydrogens is 312 g/mol. The van der Waals surface area contributed by atoms with Crippen molar-refractivity contribution in [2.45, 2.75) is 38.8 Å². The van der Waals surface area contributed by atoms with Gasteiger partial charge in [-0.1, -0.05) is 36.8 Å². The molecular formula is C21H26N2O2. The Morgan fingerprint density at radius 2 is 1.72 bits per heavy atom. The fourth-order valence-corrected chi connectivity index (χ4v) is 3.09. The van der Waals surface area contributed by atoms with Crippen LogP contribution in [0.5, 0.6) is 5.75 Å². The summed E-state index contributed by atoms with van der Waals surface area (Å²) in [6.07, 6.45) is 3.64. The molecule has 1 atom stereocenters. The average molecular weight is 338 g/mol. The molecule has 3 rings (SSSR count). The number of amides is 1. The van der Waals surface area contributed by atoms with Crippen LogP contribution in [0, 0.1) is 0 Å². The quantitative estimate of drug-likeness (QED) is 0.863. The summed E-state index contributed by atoms with van der Waals surface area (Å²) in [6.45, 7) is 4.55. The van der Waals surface area contributed by atoms with Crippen molar-refractivity contribution in [3.05, 3.63) is 60.2 Å². The minimum atomic E-state index is -0.0886. The molecule has 0 bridgehead atoms. The van der Waals surface area contributed by atoms with Crippen LogP contribution in [0.15, 0.2) is 54.6 Å². The number of carbonyl (C=O) groups excluding carboxylic acids is 1. The molecule has 2 aromatic carbocycles. The zero-order valence-corrected chi connectivity index (χ0v) is 14.8. The van der Waals surface area contributed by atoms with Gasteiger partial charge in [0, 0.05) is 5.69 Å². The maximum absolute atomic E-state index is 12.4. The Balaban J connectivity index is 1.50. The molecule has 1 aliphatic rings. The molecule has 1 saturated heterocycles. The van der Waals surface area contributed by atoms with Gasteiger partial charge in [-0.15, -0.1) is 0 Å². The van der Waals surface area contributed by atoms with E-state index in [0.717, 1.165) is 30.1 Å². The Hall–Kier alpha value is -2.33. The van der Waals surface area contributed by atoms with Crippen LogP contribution < -0.4 is 10.1 Å². The van der Waals surface area contributed by atoms with Gasteiger partial charge >= 0.3 is 0 Å². The lowest BCUT2D eigenvalue weighted by Crippen LogP contribution is -2.44. The van der Waals surface area contributed by atoms with Crippen molar-refractivity contribution in [1.29, 1.82) is 0 Å². The molecule has 1 N–H and O–H groups in total. The van der Waals surface area contributed by atoms with Crippen LogP contribution in [0.25, 0.3) is 0 Å². The first-order valence-corrected chi connectivity index (χ1v) is 9.04. The van der Waals surface area contributed by atoms with E-state index in [0.29, 0.717) is 6.61 Å². The highest BCUT2D eigenvalue weighted by Gasteiger charge is 2.22. The molecule has 1 amide bonds. The van der Waals surface area contributed by atoms with Crippen LogP contribution in [0.1, 0.15) is 31.7 Å². The first-order valence-electron chi connectivity index (χ1n) is 9.04.